The normalized spacial score (nSPS) is 10.8. The third-order valence-corrected chi connectivity index (χ3v) is 4.91. The van der Waals surface area contributed by atoms with Crippen molar-refractivity contribution in [3.8, 4) is 17.6 Å². The molecule has 0 bridgehead atoms. The number of halogens is 2. The molecule has 0 saturated carbocycles. The highest BCUT2D eigenvalue weighted by atomic mass is 35.5. The van der Waals surface area contributed by atoms with Gasteiger partial charge in [-0.15, -0.1) is 0 Å². The Bertz CT molecular complexity index is 1320. The second-order valence-electron chi connectivity index (χ2n) is 6.92. The average Bonchev–Trinajstić information content (AvgIpc) is 2.82. The minimum Gasteiger partial charge on any atom is -0.493 e. The SMILES string of the molecule is COc1cc(/C=C(/C#N)C(=O)Nc2cccc(C(=O)O)c2)cc(Cl)c1OCc1ccccc1F. The largest absolute Gasteiger partial charge is 0.493 e. The molecule has 0 spiro atoms. The van der Waals surface area contributed by atoms with Gasteiger partial charge in [-0.3, -0.25) is 4.79 Å². The zero-order chi connectivity index (χ0) is 24.7. The summed E-state index contributed by atoms with van der Waals surface area (Å²) in [7, 11) is 1.39. The first kappa shape index (κ1) is 24.3. The van der Waals surface area contributed by atoms with Crippen LogP contribution in [0.4, 0.5) is 10.1 Å². The van der Waals surface area contributed by atoms with Crippen LogP contribution in [0.2, 0.25) is 5.02 Å². The van der Waals surface area contributed by atoms with Crippen molar-refractivity contribution in [1.82, 2.24) is 0 Å². The molecule has 0 unspecified atom stereocenters. The number of anilines is 1. The van der Waals surface area contributed by atoms with Crippen molar-refractivity contribution >= 4 is 35.2 Å². The molecule has 3 aromatic rings. The highest BCUT2D eigenvalue weighted by Gasteiger charge is 2.15. The number of rotatable bonds is 8. The number of carboxylic acid groups (broad SMARTS) is 1. The lowest BCUT2D eigenvalue weighted by Crippen LogP contribution is -2.14. The maximum Gasteiger partial charge on any atom is 0.335 e. The Morgan fingerprint density at radius 2 is 1.94 bits per heavy atom. The van der Waals surface area contributed by atoms with Crippen LogP contribution in [0, 0.1) is 17.1 Å². The molecule has 0 aliphatic carbocycles. The molecular formula is C25H18ClFN2O5. The summed E-state index contributed by atoms with van der Waals surface area (Å²) in [4.78, 5) is 23.7. The number of benzene rings is 3. The van der Waals surface area contributed by atoms with E-state index in [1.165, 1.54) is 55.7 Å². The van der Waals surface area contributed by atoms with E-state index in [0.29, 0.717) is 11.1 Å². The van der Waals surface area contributed by atoms with Gasteiger partial charge in [0.15, 0.2) is 11.5 Å². The Morgan fingerprint density at radius 3 is 2.62 bits per heavy atom. The predicted molar refractivity (Wildman–Crippen MR) is 124 cm³/mol. The molecule has 7 nitrogen and oxygen atoms in total. The summed E-state index contributed by atoms with van der Waals surface area (Å²) < 4.78 is 24.8. The number of ether oxygens (including phenoxy) is 2. The molecule has 172 valence electrons. The van der Waals surface area contributed by atoms with Crippen LogP contribution in [-0.4, -0.2) is 24.1 Å². The first-order valence-corrected chi connectivity index (χ1v) is 10.2. The van der Waals surface area contributed by atoms with Crippen LogP contribution in [0.1, 0.15) is 21.5 Å². The fraction of sp³-hybridized carbons (Fsp3) is 0.0800. The zero-order valence-corrected chi connectivity index (χ0v) is 18.6. The highest BCUT2D eigenvalue weighted by molar-refractivity contribution is 6.32. The number of nitrogens with zero attached hydrogens (tertiary/aromatic N) is 1. The third kappa shape index (κ3) is 5.91. The van der Waals surface area contributed by atoms with Gasteiger partial charge in [-0.2, -0.15) is 5.26 Å². The second kappa shape index (κ2) is 11.0. The molecule has 34 heavy (non-hydrogen) atoms. The van der Waals surface area contributed by atoms with Gasteiger partial charge in [0.05, 0.1) is 17.7 Å². The van der Waals surface area contributed by atoms with Crippen molar-refractivity contribution in [3.63, 3.8) is 0 Å². The van der Waals surface area contributed by atoms with Crippen molar-refractivity contribution < 1.29 is 28.6 Å². The zero-order valence-electron chi connectivity index (χ0n) is 17.8. The van der Waals surface area contributed by atoms with Crippen LogP contribution < -0.4 is 14.8 Å². The highest BCUT2D eigenvalue weighted by Crippen LogP contribution is 2.37. The Kier molecular flexibility index (Phi) is 7.85. The van der Waals surface area contributed by atoms with Gasteiger partial charge in [0.1, 0.15) is 24.1 Å². The van der Waals surface area contributed by atoms with Crippen LogP contribution in [0.25, 0.3) is 6.08 Å². The molecule has 0 saturated heterocycles. The number of carbonyl (C=O) groups is 2. The van der Waals surface area contributed by atoms with Crippen LogP contribution in [0.15, 0.2) is 66.2 Å². The lowest BCUT2D eigenvalue weighted by Gasteiger charge is -2.14. The Hall–Kier alpha value is -4.35. The maximum atomic E-state index is 13.9. The van der Waals surface area contributed by atoms with Gasteiger partial charge in [0.2, 0.25) is 0 Å². The van der Waals surface area contributed by atoms with Gasteiger partial charge in [0, 0.05) is 11.3 Å². The monoisotopic (exact) mass is 480 g/mol. The van der Waals surface area contributed by atoms with Gasteiger partial charge in [-0.05, 0) is 48.0 Å². The fourth-order valence-electron chi connectivity index (χ4n) is 2.97. The Balaban J connectivity index is 1.83. The molecule has 0 aliphatic heterocycles. The lowest BCUT2D eigenvalue weighted by molar-refractivity contribution is -0.112. The standard InChI is InChI=1S/C25H18ClFN2O5/c1-33-22-11-15(10-20(26)23(22)34-14-17-5-2-3-8-21(17)27)9-18(13-28)24(30)29-19-7-4-6-16(12-19)25(31)32/h2-12H,14H2,1H3,(H,29,30)(H,31,32)/b18-9-. The number of hydrogen-bond donors (Lipinski definition) is 2. The van der Waals surface area contributed by atoms with Crippen molar-refractivity contribution in [3.05, 3.63) is 93.8 Å². The number of carbonyl (C=O) groups excluding carboxylic acids is 1. The summed E-state index contributed by atoms with van der Waals surface area (Å²) >= 11 is 6.34. The van der Waals surface area contributed by atoms with Gasteiger partial charge in [-0.1, -0.05) is 35.9 Å². The number of nitrogens with one attached hydrogen (secondary N) is 1. The van der Waals surface area contributed by atoms with Gasteiger partial charge >= 0.3 is 5.97 Å². The molecule has 0 atom stereocenters. The maximum absolute atomic E-state index is 13.9. The van der Waals surface area contributed by atoms with Gasteiger partial charge in [-0.25, -0.2) is 9.18 Å². The number of methoxy groups -OCH3 is 1. The molecular weight excluding hydrogens is 463 g/mol. The van der Waals surface area contributed by atoms with E-state index < -0.39 is 17.7 Å². The van der Waals surface area contributed by atoms with Crippen molar-refractivity contribution in [2.75, 3.05) is 12.4 Å². The second-order valence-corrected chi connectivity index (χ2v) is 7.33. The first-order chi connectivity index (χ1) is 16.3. The topological polar surface area (TPSA) is 109 Å². The average molecular weight is 481 g/mol. The van der Waals surface area contributed by atoms with Crippen LogP contribution >= 0.6 is 11.6 Å². The summed E-state index contributed by atoms with van der Waals surface area (Å²) in [6.07, 6.45) is 1.30. The molecule has 9 heteroatoms. The number of amides is 1. The van der Waals surface area contributed by atoms with Crippen molar-refractivity contribution in [1.29, 1.82) is 5.26 Å². The molecule has 0 aliphatic rings. The minimum absolute atomic E-state index is 0.0113. The third-order valence-electron chi connectivity index (χ3n) is 4.63. The van der Waals surface area contributed by atoms with E-state index in [2.05, 4.69) is 5.32 Å². The molecule has 2 N–H and O–H groups in total. The van der Waals surface area contributed by atoms with E-state index in [0.717, 1.165) is 0 Å². The summed E-state index contributed by atoms with van der Waals surface area (Å²) in [6, 6.07) is 16.6. The molecule has 0 heterocycles. The molecule has 0 radical (unpaired) electrons. The van der Waals surface area contributed by atoms with Crippen LogP contribution in [0.3, 0.4) is 0 Å². The number of aromatic carboxylic acids is 1. The molecule has 3 rings (SSSR count). The van der Waals surface area contributed by atoms with E-state index in [1.807, 2.05) is 6.07 Å². The summed E-state index contributed by atoms with van der Waals surface area (Å²) in [5.74, 6) is -1.90. The van der Waals surface area contributed by atoms with Crippen molar-refractivity contribution in [2.24, 2.45) is 0 Å². The van der Waals surface area contributed by atoms with Crippen LogP contribution in [-0.2, 0) is 11.4 Å². The smallest absolute Gasteiger partial charge is 0.335 e. The number of hydrogen-bond acceptors (Lipinski definition) is 5. The molecule has 0 fully saturated rings. The summed E-state index contributed by atoms with van der Waals surface area (Å²) in [5.41, 5.74) is 0.672. The van der Waals surface area contributed by atoms with Crippen LogP contribution in [0.5, 0.6) is 11.5 Å². The van der Waals surface area contributed by atoms with Crippen molar-refractivity contribution in [2.45, 2.75) is 6.61 Å². The van der Waals surface area contributed by atoms with Gasteiger partial charge < -0.3 is 19.9 Å². The fourth-order valence-corrected chi connectivity index (χ4v) is 3.25. The summed E-state index contributed by atoms with van der Waals surface area (Å²) in [5, 5.41) is 21.2. The van der Waals surface area contributed by atoms with E-state index >= 15 is 0 Å². The molecule has 3 aromatic carbocycles. The van der Waals surface area contributed by atoms with E-state index in [4.69, 9.17) is 26.2 Å². The summed E-state index contributed by atoms with van der Waals surface area (Å²) in [6.45, 7) is -0.0841. The molecule has 0 aromatic heterocycles. The predicted octanol–water partition coefficient (Wildman–Crippen LogP) is 5.31. The quantitative estimate of drug-likeness (QED) is 0.334. The Labute approximate surface area is 199 Å². The van der Waals surface area contributed by atoms with Gasteiger partial charge in [0.25, 0.3) is 5.91 Å². The number of nitriles is 1. The Morgan fingerprint density at radius 1 is 1.18 bits per heavy atom. The number of carboxylic acids is 1. The van der Waals surface area contributed by atoms with E-state index in [1.54, 1.807) is 18.2 Å². The first-order valence-electron chi connectivity index (χ1n) is 9.82. The van der Waals surface area contributed by atoms with E-state index in [-0.39, 0.29) is 40.0 Å². The minimum atomic E-state index is -1.15. The van der Waals surface area contributed by atoms with E-state index in [9.17, 15) is 19.2 Å². The lowest BCUT2D eigenvalue weighted by atomic mass is 10.1. The molecule has 1 amide bonds.